The van der Waals surface area contributed by atoms with Crippen LogP contribution in [-0.2, 0) is 6.42 Å². The van der Waals surface area contributed by atoms with Crippen molar-refractivity contribution >= 4 is 0 Å². The van der Waals surface area contributed by atoms with Gasteiger partial charge in [0.15, 0.2) is 0 Å². The first kappa shape index (κ1) is 14.5. The van der Waals surface area contributed by atoms with Gasteiger partial charge < -0.3 is 5.11 Å². The number of fused-ring (bicyclic) bond motifs is 1. The van der Waals surface area contributed by atoms with Crippen molar-refractivity contribution in [1.82, 2.24) is 0 Å². The predicted octanol–water partition coefficient (Wildman–Crippen LogP) is 4.75. The first-order valence-electron chi connectivity index (χ1n) is 8.47. The molecule has 23 heavy (non-hydrogen) atoms. The van der Waals surface area contributed by atoms with Gasteiger partial charge in [-0.25, -0.2) is 0 Å². The maximum Gasteiger partial charge on any atom is 0.0939 e. The van der Waals surface area contributed by atoms with Gasteiger partial charge in [0.25, 0.3) is 0 Å². The van der Waals surface area contributed by atoms with Crippen LogP contribution in [0.5, 0.6) is 0 Å². The van der Waals surface area contributed by atoms with Crippen LogP contribution in [0.25, 0.3) is 0 Å². The fourth-order valence-corrected chi connectivity index (χ4v) is 4.29. The van der Waals surface area contributed by atoms with Crippen LogP contribution in [0, 0.1) is 0 Å². The molecule has 0 fully saturated rings. The van der Waals surface area contributed by atoms with Gasteiger partial charge in [0.2, 0.25) is 0 Å². The van der Waals surface area contributed by atoms with Crippen molar-refractivity contribution in [1.29, 1.82) is 0 Å². The number of benzene rings is 2. The van der Waals surface area contributed by atoms with Crippen LogP contribution in [0.15, 0.2) is 78.9 Å². The van der Waals surface area contributed by atoms with Crippen LogP contribution < -0.4 is 0 Å². The van der Waals surface area contributed by atoms with Crippen LogP contribution in [0.3, 0.4) is 0 Å². The van der Waals surface area contributed by atoms with E-state index in [1.807, 2.05) is 18.2 Å². The summed E-state index contributed by atoms with van der Waals surface area (Å²) >= 11 is 0. The monoisotopic (exact) mass is 302 g/mol. The molecule has 0 bridgehead atoms. The van der Waals surface area contributed by atoms with E-state index in [4.69, 9.17) is 0 Å². The molecule has 0 radical (unpaired) electrons. The first-order chi connectivity index (χ1) is 11.3. The zero-order chi connectivity index (χ0) is 15.7. The van der Waals surface area contributed by atoms with E-state index in [1.54, 1.807) is 0 Å². The Balaban J connectivity index is 1.84. The Morgan fingerprint density at radius 2 is 1.70 bits per heavy atom. The van der Waals surface area contributed by atoms with Crippen LogP contribution >= 0.6 is 0 Å². The molecule has 0 amide bonds. The Morgan fingerprint density at radius 1 is 0.913 bits per heavy atom. The van der Waals surface area contributed by atoms with E-state index in [-0.39, 0.29) is 5.92 Å². The molecule has 1 nitrogen and oxygen atoms in total. The van der Waals surface area contributed by atoms with Gasteiger partial charge in [0.05, 0.1) is 5.60 Å². The van der Waals surface area contributed by atoms with Crippen molar-refractivity contribution in [2.75, 3.05) is 0 Å². The molecule has 2 aliphatic carbocycles. The highest BCUT2D eigenvalue weighted by atomic mass is 16.3. The van der Waals surface area contributed by atoms with E-state index < -0.39 is 5.60 Å². The van der Waals surface area contributed by atoms with Crippen LogP contribution in [-0.4, -0.2) is 10.7 Å². The minimum absolute atomic E-state index is 0.107. The molecule has 0 aliphatic heterocycles. The number of aryl methyl sites for hydroxylation is 1. The molecular weight excluding hydrogens is 280 g/mol. The van der Waals surface area contributed by atoms with Crippen molar-refractivity contribution in [3.8, 4) is 0 Å². The van der Waals surface area contributed by atoms with Gasteiger partial charge in [-0.1, -0.05) is 78.9 Å². The number of allylic oxidation sites excluding steroid dienone is 2. The molecule has 116 valence electrons. The van der Waals surface area contributed by atoms with Crippen molar-refractivity contribution in [3.05, 3.63) is 95.6 Å². The topological polar surface area (TPSA) is 20.2 Å². The quantitative estimate of drug-likeness (QED) is 0.849. The number of hydrogen-bond donors (Lipinski definition) is 1. The molecule has 2 aromatic rings. The van der Waals surface area contributed by atoms with Gasteiger partial charge in [0, 0.05) is 5.92 Å². The maximum absolute atomic E-state index is 11.4. The largest absolute Gasteiger partial charge is 0.385 e. The summed E-state index contributed by atoms with van der Waals surface area (Å²) in [6.07, 6.45) is 11.0. The first-order valence-corrected chi connectivity index (χ1v) is 8.47. The lowest BCUT2D eigenvalue weighted by Gasteiger charge is -2.43. The molecule has 0 saturated heterocycles. The van der Waals surface area contributed by atoms with Crippen molar-refractivity contribution in [3.63, 3.8) is 0 Å². The lowest BCUT2D eigenvalue weighted by Crippen LogP contribution is -2.40. The molecule has 2 aliphatic rings. The van der Waals surface area contributed by atoms with E-state index in [0.29, 0.717) is 12.3 Å². The highest BCUT2D eigenvalue weighted by Gasteiger charge is 2.43. The lowest BCUT2D eigenvalue weighted by atomic mass is 9.63. The predicted molar refractivity (Wildman–Crippen MR) is 94.5 cm³/mol. The van der Waals surface area contributed by atoms with Gasteiger partial charge in [-0.2, -0.15) is 0 Å². The van der Waals surface area contributed by atoms with Gasteiger partial charge in [0.1, 0.15) is 0 Å². The number of aliphatic hydroxyl groups is 1. The van der Waals surface area contributed by atoms with Crippen LogP contribution in [0.4, 0.5) is 0 Å². The molecule has 1 heteroatoms. The average Bonchev–Trinajstić information content (AvgIpc) is 2.62. The molecule has 3 atom stereocenters. The lowest BCUT2D eigenvalue weighted by molar-refractivity contribution is 0.0475. The second kappa shape index (κ2) is 5.82. The Kier molecular flexibility index (Phi) is 3.66. The molecule has 0 heterocycles. The van der Waals surface area contributed by atoms with E-state index in [1.165, 1.54) is 16.7 Å². The van der Waals surface area contributed by atoms with E-state index in [0.717, 1.165) is 12.8 Å². The van der Waals surface area contributed by atoms with Crippen molar-refractivity contribution in [2.45, 2.75) is 36.7 Å². The van der Waals surface area contributed by atoms with Gasteiger partial charge in [-0.05, 0) is 41.9 Å². The fraction of sp³-hybridized carbons (Fsp3) is 0.273. The number of rotatable bonds is 2. The van der Waals surface area contributed by atoms with Crippen LogP contribution in [0.2, 0.25) is 0 Å². The molecule has 1 N–H and O–H groups in total. The van der Waals surface area contributed by atoms with Crippen molar-refractivity contribution in [2.24, 2.45) is 0 Å². The van der Waals surface area contributed by atoms with E-state index in [2.05, 4.69) is 60.7 Å². The minimum Gasteiger partial charge on any atom is -0.385 e. The molecule has 0 spiro atoms. The molecular formula is C22H22O. The van der Waals surface area contributed by atoms with E-state index >= 15 is 0 Å². The smallest absolute Gasteiger partial charge is 0.0939 e. The highest BCUT2D eigenvalue weighted by molar-refractivity contribution is 5.42. The van der Waals surface area contributed by atoms with E-state index in [9.17, 15) is 5.11 Å². The molecule has 0 saturated carbocycles. The Hall–Kier alpha value is -2.12. The second-order valence-corrected chi connectivity index (χ2v) is 6.71. The summed E-state index contributed by atoms with van der Waals surface area (Å²) in [4.78, 5) is 0. The summed E-state index contributed by atoms with van der Waals surface area (Å²) in [6.45, 7) is 0. The summed E-state index contributed by atoms with van der Waals surface area (Å²) in [7, 11) is 0. The average molecular weight is 302 g/mol. The fourth-order valence-electron chi connectivity index (χ4n) is 4.29. The van der Waals surface area contributed by atoms with Crippen LogP contribution in [0.1, 0.15) is 41.4 Å². The third kappa shape index (κ3) is 2.55. The summed E-state index contributed by atoms with van der Waals surface area (Å²) in [6, 6.07) is 19.3. The standard InChI is InChI=1S/C22H22O/c23-22(15-7-2-8-16-22)21-19-12-6-5-11-18(19)13-14-20(21)17-9-3-1-4-10-17/h1-12,15,20-21,23H,13-14,16H2/t20-,21-,22?/m1/s1. The third-order valence-electron chi connectivity index (χ3n) is 5.36. The Bertz CT molecular complexity index is 744. The normalized spacial score (nSPS) is 29.3. The zero-order valence-corrected chi connectivity index (χ0v) is 13.2. The second-order valence-electron chi connectivity index (χ2n) is 6.71. The third-order valence-corrected chi connectivity index (χ3v) is 5.36. The molecule has 1 unspecified atom stereocenters. The van der Waals surface area contributed by atoms with Crippen molar-refractivity contribution < 1.29 is 5.11 Å². The highest BCUT2D eigenvalue weighted by Crippen LogP contribution is 2.50. The Morgan fingerprint density at radius 3 is 2.48 bits per heavy atom. The number of hydrogen-bond acceptors (Lipinski definition) is 1. The minimum atomic E-state index is -0.800. The molecule has 4 rings (SSSR count). The molecule has 2 aromatic carbocycles. The summed E-state index contributed by atoms with van der Waals surface area (Å²) < 4.78 is 0. The van der Waals surface area contributed by atoms with Gasteiger partial charge in [-0.15, -0.1) is 0 Å². The summed E-state index contributed by atoms with van der Waals surface area (Å²) in [5.74, 6) is 0.461. The van der Waals surface area contributed by atoms with Gasteiger partial charge in [-0.3, -0.25) is 0 Å². The molecule has 0 aromatic heterocycles. The maximum atomic E-state index is 11.4. The zero-order valence-electron chi connectivity index (χ0n) is 13.2. The SMILES string of the molecule is OC1([C@@H]2c3ccccc3CC[C@@H]2c2ccccc2)C=CC=CC1. The summed E-state index contributed by atoms with van der Waals surface area (Å²) in [5, 5.41) is 11.4. The summed E-state index contributed by atoms with van der Waals surface area (Å²) in [5.41, 5.74) is 3.24. The Labute approximate surface area is 138 Å². The van der Waals surface area contributed by atoms with Gasteiger partial charge >= 0.3 is 0 Å².